The van der Waals surface area contributed by atoms with Crippen LogP contribution in [0.25, 0.3) is 11.1 Å². The van der Waals surface area contributed by atoms with Crippen LogP contribution in [-0.2, 0) is 4.79 Å². The number of anilines is 1. The van der Waals surface area contributed by atoms with Gasteiger partial charge in [-0.25, -0.2) is 9.97 Å². The van der Waals surface area contributed by atoms with Crippen molar-refractivity contribution >= 4 is 11.9 Å². The predicted molar refractivity (Wildman–Crippen MR) is 107 cm³/mol. The number of aromatic nitrogens is 3. The molecule has 1 saturated heterocycles. The van der Waals surface area contributed by atoms with Gasteiger partial charge in [-0.2, -0.15) is 0 Å². The molecule has 0 bridgehead atoms. The van der Waals surface area contributed by atoms with E-state index in [0.29, 0.717) is 11.9 Å². The Balaban J connectivity index is 1.87. The van der Waals surface area contributed by atoms with Crippen molar-refractivity contribution in [3.05, 3.63) is 36.4 Å². The minimum atomic E-state index is 0.0508. The van der Waals surface area contributed by atoms with Gasteiger partial charge in [-0.1, -0.05) is 13.8 Å². The SMILES string of the molecule is CC(C)Nc1ncc(-c2ccncc2)c(C2CCN(C(=O)C(C)C)CC2)n1. The molecule has 2 aromatic rings. The number of likely N-dealkylation sites (tertiary alicyclic amines) is 1. The third-order valence-corrected chi connectivity index (χ3v) is 4.91. The zero-order valence-electron chi connectivity index (χ0n) is 16.6. The molecule has 1 aliphatic rings. The molecule has 144 valence electrons. The molecule has 0 unspecified atom stereocenters. The van der Waals surface area contributed by atoms with Crippen molar-refractivity contribution in [2.75, 3.05) is 18.4 Å². The van der Waals surface area contributed by atoms with Gasteiger partial charge in [-0.15, -0.1) is 0 Å². The van der Waals surface area contributed by atoms with Crippen LogP contribution < -0.4 is 5.32 Å². The van der Waals surface area contributed by atoms with Gasteiger partial charge in [-0.3, -0.25) is 9.78 Å². The van der Waals surface area contributed by atoms with Crippen LogP contribution >= 0.6 is 0 Å². The summed E-state index contributed by atoms with van der Waals surface area (Å²) in [6.45, 7) is 9.66. The normalized spacial score (nSPS) is 15.4. The zero-order chi connectivity index (χ0) is 19.4. The second-order valence-electron chi connectivity index (χ2n) is 7.78. The van der Waals surface area contributed by atoms with Gasteiger partial charge in [0.25, 0.3) is 0 Å². The van der Waals surface area contributed by atoms with Crippen LogP contribution in [0.4, 0.5) is 5.95 Å². The van der Waals surface area contributed by atoms with Crippen molar-refractivity contribution in [2.45, 2.75) is 52.5 Å². The summed E-state index contributed by atoms with van der Waals surface area (Å²) in [7, 11) is 0. The number of nitrogens with zero attached hydrogens (tertiary/aromatic N) is 4. The molecule has 3 rings (SSSR count). The van der Waals surface area contributed by atoms with Gasteiger partial charge < -0.3 is 10.2 Å². The molecule has 1 N–H and O–H groups in total. The van der Waals surface area contributed by atoms with Gasteiger partial charge in [0, 0.05) is 55.1 Å². The van der Waals surface area contributed by atoms with E-state index in [-0.39, 0.29) is 17.9 Å². The van der Waals surface area contributed by atoms with Crippen LogP contribution in [-0.4, -0.2) is 44.9 Å². The van der Waals surface area contributed by atoms with Gasteiger partial charge in [0.2, 0.25) is 11.9 Å². The first-order valence-corrected chi connectivity index (χ1v) is 9.78. The van der Waals surface area contributed by atoms with Crippen LogP contribution in [0.2, 0.25) is 0 Å². The highest BCUT2D eigenvalue weighted by Crippen LogP contribution is 2.34. The Morgan fingerprint density at radius 3 is 2.41 bits per heavy atom. The van der Waals surface area contributed by atoms with Crippen LogP contribution in [0.5, 0.6) is 0 Å². The molecule has 0 saturated carbocycles. The Morgan fingerprint density at radius 1 is 1.15 bits per heavy atom. The van der Waals surface area contributed by atoms with E-state index in [2.05, 4.69) is 29.1 Å². The van der Waals surface area contributed by atoms with Crippen molar-refractivity contribution in [3.8, 4) is 11.1 Å². The van der Waals surface area contributed by atoms with Crippen LogP contribution in [0.1, 0.15) is 52.1 Å². The highest BCUT2D eigenvalue weighted by molar-refractivity contribution is 5.78. The van der Waals surface area contributed by atoms with Gasteiger partial charge in [0.1, 0.15) is 0 Å². The number of piperidine rings is 1. The van der Waals surface area contributed by atoms with E-state index >= 15 is 0 Å². The molecule has 6 nitrogen and oxygen atoms in total. The van der Waals surface area contributed by atoms with Crippen molar-refractivity contribution in [3.63, 3.8) is 0 Å². The molecule has 2 aromatic heterocycles. The number of carbonyl (C=O) groups excluding carboxylic acids is 1. The summed E-state index contributed by atoms with van der Waals surface area (Å²) in [5.74, 6) is 1.28. The number of carbonyl (C=O) groups is 1. The minimum absolute atomic E-state index is 0.0508. The maximum Gasteiger partial charge on any atom is 0.225 e. The van der Waals surface area contributed by atoms with Crippen molar-refractivity contribution in [1.29, 1.82) is 0 Å². The molecular formula is C21H29N5O. The molecular weight excluding hydrogens is 338 g/mol. The summed E-state index contributed by atoms with van der Waals surface area (Å²) >= 11 is 0. The summed E-state index contributed by atoms with van der Waals surface area (Å²) in [6.07, 6.45) is 7.35. The number of hydrogen-bond acceptors (Lipinski definition) is 5. The van der Waals surface area contributed by atoms with E-state index in [4.69, 9.17) is 4.98 Å². The van der Waals surface area contributed by atoms with Gasteiger partial charge in [-0.05, 0) is 44.4 Å². The van der Waals surface area contributed by atoms with E-state index in [1.165, 1.54) is 0 Å². The third-order valence-electron chi connectivity index (χ3n) is 4.91. The Kier molecular flexibility index (Phi) is 6.04. The minimum Gasteiger partial charge on any atom is -0.352 e. The second-order valence-corrected chi connectivity index (χ2v) is 7.78. The first-order valence-electron chi connectivity index (χ1n) is 9.78. The molecule has 0 aromatic carbocycles. The lowest BCUT2D eigenvalue weighted by Crippen LogP contribution is -2.40. The first kappa shape index (κ1) is 19.3. The molecule has 0 radical (unpaired) electrons. The summed E-state index contributed by atoms with van der Waals surface area (Å²) in [6, 6.07) is 4.26. The summed E-state index contributed by atoms with van der Waals surface area (Å²) in [5, 5.41) is 3.31. The Labute approximate surface area is 161 Å². The molecule has 1 fully saturated rings. The molecule has 27 heavy (non-hydrogen) atoms. The average molecular weight is 367 g/mol. The van der Waals surface area contributed by atoms with Crippen molar-refractivity contribution < 1.29 is 4.79 Å². The van der Waals surface area contributed by atoms with Crippen molar-refractivity contribution in [1.82, 2.24) is 19.9 Å². The molecule has 1 amide bonds. The largest absolute Gasteiger partial charge is 0.352 e. The lowest BCUT2D eigenvalue weighted by molar-refractivity contribution is -0.135. The molecule has 0 aliphatic carbocycles. The maximum atomic E-state index is 12.3. The standard InChI is InChI=1S/C21H29N5O/c1-14(2)20(27)26-11-7-17(8-12-26)19-18(16-5-9-22-10-6-16)13-23-21(25-19)24-15(3)4/h5-6,9-10,13-15,17H,7-8,11-12H2,1-4H3,(H,23,24,25). The summed E-state index contributed by atoms with van der Waals surface area (Å²) in [5.41, 5.74) is 3.20. The molecule has 0 spiro atoms. The average Bonchev–Trinajstić information content (AvgIpc) is 2.67. The third kappa shape index (κ3) is 4.62. The van der Waals surface area contributed by atoms with Crippen LogP contribution in [0.3, 0.4) is 0 Å². The van der Waals surface area contributed by atoms with Crippen molar-refractivity contribution in [2.24, 2.45) is 5.92 Å². The molecule has 6 heteroatoms. The Morgan fingerprint density at radius 2 is 1.81 bits per heavy atom. The summed E-state index contributed by atoms with van der Waals surface area (Å²) < 4.78 is 0. The number of amides is 1. The number of nitrogens with one attached hydrogen (secondary N) is 1. The second kappa shape index (κ2) is 8.46. The number of rotatable bonds is 5. The topological polar surface area (TPSA) is 71.0 Å². The number of hydrogen-bond donors (Lipinski definition) is 1. The first-order chi connectivity index (χ1) is 13.0. The fourth-order valence-corrected chi connectivity index (χ4v) is 3.53. The van der Waals surface area contributed by atoms with E-state index in [1.807, 2.05) is 37.1 Å². The van der Waals surface area contributed by atoms with E-state index in [1.54, 1.807) is 12.4 Å². The smallest absolute Gasteiger partial charge is 0.225 e. The van der Waals surface area contributed by atoms with E-state index in [0.717, 1.165) is 42.8 Å². The Hall–Kier alpha value is -2.50. The maximum absolute atomic E-state index is 12.3. The molecule has 1 aliphatic heterocycles. The highest BCUT2D eigenvalue weighted by atomic mass is 16.2. The molecule has 0 atom stereocenters. The fourth-order valence-electron chi connectivity index (χ4n) is 3.53. The number of pyridine rings is 1. The van der Waals surface area contributed by atoms with Gasteiger partial charge in [0.05, 0.1) is 5.69 Å². The zero-order valence-corrected chi connectivity index (χ0v) is 16.6. The quantitative estimate of drug-likeness (QED) is 0.872. The fraction of sp³-hybridized carbons (Fsp3) is 0.524. The highest BCUT2D eigenvalue weighted by Gasteiger charge is 2.28. The van der Waals surface area contributed by atoms with Crippen LogP contribution in [0.15, 0.2) is 30.7 Å². The lowest BCUT2D eigenvalue weighted by Gasteiger charge is -2.33. The summed E-state index contributed by atoms with van der Waals surface area (Å²) in [4.78, 5) is 27.8. The van der Waals surface area contributed by atoms with Crippen LogP contribution in [0, 0.1) is 5.92 Å². The monoisotopic (exact) mass is 367 g/mol. The predicted octanol–water partition coefficient (Wildman–Crippen LogP) is 3.72. The van der Waals surface area contributed by atoms with Gasteiger partial charge in [0.15, 0.2) is 0 Å². The van der Waals surface area contributed by atoms with Gasteiger partial charge >= 0.3 is 0 Å². The lowest BCUT2D eigenvalue weighted by atomic mass is 9.88. The van der Waals surface area contributed by atoms with E-state index < -0.39 is 0 Å². The molecule has 3 heterocycles. The Bertz CT molecular complexity index is 767. The van der Waals surface area contributed by atoms with E-state index in [9.17, 15) is 4.79 Å².